The van der Waals surface area contributed by atoms with Crippen molar-refractivity contribution in [3.63, 3.8) is 0 Å². The van der Waals surface area contributed by atoms with E-state index in [1.54, 1.807) is 26.0 Å². The van der Waals surface area contributed by atoms with E-state index in [2.05, 4.69) is 16.9 Å². The van der Waals surface area contributed by atoms with E-state index >= 15 is 0 Å². The van der Waals surface area contributed by atoms with Crippen LogP contribution in [0.2, 0.25) is 0 Å². The number of hydrogen-bond acceptors (Lipinski definition) is 3. The van der Waals surface area contributed by atoms with Crippen molar-refractivity contribution in [1.29, 1.82) is 5.26 Å². The summed E-state index contributed by atoms with van der Waals surface area (Å²) in [5.74, 6) is 0.0434. The number of amidine groups is 1. The molecule has 0 atom stereocenters. The summed E-state index contributed by atoms with van der Waals surface area (Å²) in [5, 5.41) is 11.0. The molecule has 17 heavy (non-hydrogen) atoms. The second kappa shape index (κ2) is 7.88. The number of carbonyl (C=O) groups excluding carboxylic acids is 1. The molecule has 90 valence electrons. The maximum absolute atomic E-state index is 11.4. The molecule has 0 bridgehead atoms. The van der Waals surface area contributed by atoms with E-state index in [9.17, 15) is 4.79 Å². The van der Waals surface area contributed by atoms with Crippen molar-refractivity contribution >= 4 is 11.7 Å². The van der Waals surface area contributed by atoms with Crippen LogP contribution in [0.25, 0.3) is 0 Å². The Morgan fingerprint density at radius 1 is 1.59 bits per heavy atom. The number of aliphatic imine (C=N–C) groups is 1. The van der Waals surface area contributed by atoms with Crippen LogP contribution < -0.4 is 11.1 Å². The Morgan fingerprint density at radius 3 is 2.76 bits per heavy atom. The first-order valence-corrected chi connectivity index (χ1v) is 4.99. The van der Waals surface area contributed by atoms with Crippen LogP contribution in [0.5, 0.6) is 0 Å². The van der Waals surface area contributed by atoms with Gasteiger partial charge in [-0.25, -0.2) is 4.99 Å². The Morgan fingerprint density at radius 2 is 2.24 bits per heavy atom. The summed E-state index contributed by atoms with van der Waals surface area (Å²) < 4.78 is 0. The largest absolute Gasteiger partial charge is 0.384 e. The maximum atomic E-state index is 11.4. The Hall–Kier alpha value is -2.35. The van der Waals surface area contributed by atoms with Gasteiger partial charge in [0.25, 0.3) is 0 Å². The molecule has 0 heterocycles. The lowest BCUT2D eigenvalue weighted by Crippen LogP contribution is -2.24. The zero-order valence-electron chi connectivity index (χ0n) is 10.0. The number of hydrogen-bond donors (Lipinski definition) is 2. The summed E-state index contributed by atoms with van der Waals surface area (Å²) in [6.45, 7) is 7.14. The normalized spacial score (nSPS) is 12.9. The van der Waals surface area contributed by atoms with Crippen LogP contribution in [0.1, 0.15) is 13.8 Å². The van der Waals surface area contributed by atoms with Crippen LogP contribution in [0.4, 0.5) is 0 Å². The minimum atomic E-state index is -0.281. The molecule has 0 fully saturated rings. The second-order valence-electron chi connectivity index (χ2n) is 3.25. The fourth-order valence-corrected chi connectivity index (χ4v) is 0.888. The van der Waals surface area contributed by atoms with Crippen molar-refractivity contribution in [2.45, 2.75) is 13.8 Å². The van der Waals surface area contributed by atoms with E-state index in [1.165, 1.54) is 12.2 Å². The monoisotopic (exact) mass is 232 g/mol. The fourth-order valence-electron chi connectivity index (χ4n) is 0.888. The molecule has 0 saturated carbocycles. The minimum absolute atomic E-state index is 0.281. The number of allylic oxidation sites excluding steroid dienone is 2. The van der Waals surface area contributed by atoms with Crippen molar-refractivity contribution in [3.05, 3.63) is 36.1 Å². The SMILES string of the molecule is C=C/C(N)=N\C(C)=C\CNC(=O)/C(C)=C\C#N. The van der Waals surface area contributed by atoms with Crippen LogP contribution in [0.15, 0.2) is 41.1 Å². The molecule has 0 unspecified atom stereocenters. The van der Waals surface area contributed by atoms with Crippen molar-refractivity contribution in [2.24, 2.45) is 10.7 Å². The van der Waals surface area contributed by atoms with Gasteiger partial charge in [-0.3, -0.25) is 4.79 Å². The molecule has 0 spiro atoms. The fraction of sp³-hybridized carbons (Fsp3) is 0.250. The maximum Gasteiger partial charge on any atom is 0.247 e. The molecule has 0 saturated heterocycles. The number of rotatable bonds is 5. The molecule has 0 aromatic heterocycles. The molecule has 0 aliphatic carbocycles. The summed E-state index contributed by atoms with van der Waals surface area (Å²) in [6.07, 6.45) is 4.35. The summed E-state index contributed by atoms with van der Waals surface area (Å²) in [5.41, 5.74) is 6.50. The van der Waals surface area contributed by atoms with Gasteiger partial charge < -0.3 is 11.1 Å². The van der Waals surface area contributed by atoms with Crippen LogP contribution >= 0.6 is 0 Å². The number of nitrogens with two attached hydrogens (primary N) is 1. The molecule has 0 radical (unpaired) electrons. The van der Waals surface area contributed by atoms with Crippen LogP contribution in [0.3, 0.4) is 0 Å². The Kier molecular flexibility index (Phi) is 6.79. The highest BCUT2D eigenvalue weighted by Gasteiger charge is 2.00. The van der Waals surface area contributed by atoms with Gasteiger partial charge >= 0.3 is 0 Å². The number of amides is 1. The average Bonchev–Trinajstić information content (AvgIpc) is 2.28. The number of carbonyl (C=O) groups is 1. The smallest absolute Gasteiger partial charge is 0.247 e. The Bertz CT molecular complexity index is 424. The van der Waals surface area contributed by atoms with Gasteiger partial charge in [-0.05, 0) is 26.0 Å². The van der Waals surface area contributed by atoms with Gasteiger partial charge in [0.15, 0.2) is 0 Å². The predicted molar refractivity (Wildman–Crippen MR) is 68.0 cm³/mol. The molecule has 0 aromatic carbocycles. The molecule has 3 N–H and O–H groups in total. The summed E-state index contributed by atoms with van der Waals surface area (Å²) in [7, 11) is 0. The van der Waals surface area contributed by atoms with E-state index in [4.69, 9.17) is 11.0 Å². The van der Waals surface area contributed by atoms with Gasteiger partial charge in [-0.15, -0.1) is 0 Å². The third-order valence-electron chi connectivity index (χ3n) is 1.81. The summed E-state index contributed by atoms with van der Waals surface area (Å²) in [4.78, 5) is 15.3. The van der Waals surface area contributed by atoms with E-state index in [1.807, 2.05) is 0 Å². The molecule has 0 aliphatic heterocycles. The van der Waals surface area contributed by atoms with E-state index in [-0.39, 0.29) is 5.91 Å². The first kappa shape index (κ1) is 14.6. The Balaban J connectivity index is 4.29. The Labute approximate surface area is 101 Å². The summed E-state index contributed by atoms with van der Waals surface area (Å²) in [6, 6.07) is 1.79. The van der Waals surface area contributed by atoms with Crippen LogP contribution in [-0.4, -0.2) is 18.3 Å². The van der Waals surface area contributed by atoms with Gasteiger partial charge in [-0.2, -0.15) is 5.26 Å². The van der Waals surface area contributed by atoms with E-state index in [0.29, 0.717) is 23.7 Å². The molecule has 0 aromatic rings. The standard InChI is InChI=1S/C12H16N4O/c1-4-11(14)16-10(3)6-8-15-12(17)9(2)5-7-13/h4-6H,1,8H2,2-3H3,(H2,14,16)(H,15,17)/b9-5-,10-6+. The van der Waals surface area contributed by atoms with Crippen LogP contribution in [0, 0.1) is 11.3 Å². The molecule has 5 heteroatoms. The lowest BCUT2D eigenvalue weighted by molar-refractivity contribution is -0.117. The van der Waals surface area contributed by atoms with Crippen molar-refractivity contribution in [3.8, 4) is 6.07 Å². The highest BCUT2D eigenvalue weighted by atomic mass is 16.1. The first-order valence-electron chi connectivity index (χ1n) is 4.99. The van der Waals surface area contributed by atoms with Crippen molar-refractivity contribution < 1.29 is 4.79 Å². The summed E-state index contributed by atoms with van der Waals surface area (Å²) >= 11 is 0. The topological polar surface area (TPSA) is 91.3 Å². The highest BCUT2D eigenvalue weighted by Crippen LogP contribution is 1.95. The van der Waals surface area contributed by atoms with E-state index in [0.717, 1.165) is 0 Å². The zero-order chi connectivity index (χ0) is 13.3. The third-order valence-corrected chi connectivity index (χ3v) is 1.81. The molecule has 0 rings (SSSR count). The predicted octanol–water partition coefficient (Wildman–Crippen LogP) is 1.02. The van der Waals surface area contributed by atoms with E-state index < -0.39 is 0 Å². The number of nitriles is 1. The van der Waals surface area contributed by atoms with Gasteiger partial charge in [0, 0.05) is 23.9 Å². The van der Waals surface area contributed by atoms with Gasteiger partial charge in [-0.1, -0.05) is 6.58 Å². The average molecular weight is 232 g/mol. The highest BCUT2D eigenvalue weighted by molar-refractivity contribution is 5.93. The minimum Gasteiger partial charge on any atom is -0.384 e. The second-order valence-corrected chi connectivity index (χ2v) is 3.25. The quantitative estimate of drug-likeness (QED) is 0.321. The van der Waals surface area contributed by atoms with Gasteiger partial charge in [0.1, 0.15) is 5.84 Å². The lowest BCUT2D eigenvalue weighted by atomic mass is 10.2. The molecule has 5 nitrogen and oxygen atoms in total. The molecule has 1 amide bonds. The third kappa shape index (κ3) is 6.68. The van der Waals surface area contributed by atoms with Gasteiger partial charge in [0.2, 0.25) is 5.91 Å². The number of nitrogens with zero attached hydrogens (tertiary/aromatic N) is 2. The van der Waals surface area contributed by atoms with Crippen molar-refractivity contribution in [1.82, 2.24) is 5.32 Å². The van der Waals surface area contributed by atoms with Gasteiger partial charge in [0.05, 0.1) is 6.07 Å². The van der Waals surface area contributed by atoms with Crippen LogP contribution in [-0.2, 0) is 4.79 Å². The number of nitrogens with one attached hydrogen (secondary N) is 1. The molecular weight excluding hydrogens is 216 g/mol. The van der Waals surface area contributed by atoms with Crippen molar-refractivity contribution in [2.75, 3.05) is 6.54 Å². The lowest BCUT2D eigenvalue weighted by Gasteiger charge is -2.01. The zero-order valence-corrected chi connectivity index (χ0v) is 10.0. The first-order chi connectivity index (χ1) is 8.01. The molecule has 0 aliphatic rings. The molecular formula is C12H16N4O.